The highest BCUT2D eigenvalue weighted by molar-refractivity contribution is 5.97. The predicted molar refractivity (Wildman–Crippen MR) is 130 cm³/mol. The minimum absolute atomic E-state index is 0.00405. The highest BCUT2D eigenvalue weighted by atomic mass is 19.2. The molecule has 0 spiro atoms. The Labute approximate surface area is 206 Å². The monoisotopic (exact) mass is 497 g/mol. The normalized spacial score (nSPS) is 17.8. The molecule has 0 aliphatic carbocycles. The number of nitrogens with zero attached hydrogens (tertiary/aromatic N) is 3. The predicted octanol–water partition coefficient (Wildman–Crippen LogP) is 3.96. The minimum atomic E-state index is -1.08. The zero-order valence-corrected chi connectivity index (χ0v) is 19.9. The molecule has 2 aromatic carbocycles. The number of hydrogen-bond acceptors (Lipinski definition) is 6. The number of nitrogens with one attached hydrogen (secondary N) is 1. The Hall–Kier alpha value is -3.66. The highest BCUT2D eigenvalue weighted by Crippen LogP contribution is 2.34. The molecule has 0 bridgehead atoms. The molecule has 3 heterocycles. The summed E-state index contributed by atoms with van der Waals surface area (Å²) in [6.45, 7) is 5.79. The SMILES string of the molecule is CC(C)[C@H]1CN(c2ccc(-c3cnc(N)c(-c4cc5c(cc4F)C(=O)NCC5)n3)c(F)c2F)CCO1. The van der Waals surface area contributed by atoms with Crippen molar-refractivity contribution in [2.24, 2.45) is 5.92 Å². The van der Waals surface area contributed by atoms with E-state index in [1.165, 1.54) is 24.4 Å². The number of rotatable bonds is 4. The number of ether oxygens (including phenoxy) is 1. The van der Waals surface area contributed by atoms with Crippen molar-refractivity contribution in [1.82, 2.24) is 15.3 Å². The van der Waals surface area contributed by atoms with Gasteiger partial charge in [0.15, 0.2) is 11.6 Å². The zero-order valence-electron chi connectivity index (χ0n) is 19.9. The number of carbonyl (C=O) groups excluding carboxylic acids is 1. The van der Waals surface area contributed by atoms with Crippen molar-refractivity contribution in [2.75, 3.05) is 36.9 Å². The summed E-state index contributed by atoms with van der Waals surface area (Å²) in [5.74, 6) is -2.97. The fraction of sp³-hybridized carbons (Fsp3) is 0.346. The van der Waals surface area contributed by atoms with Crippen molar-refractivity contribution >= 4 is 17.4 Å². The third-order valence-electron chi connectivity index (χ3n) is 6.69. The lowest BCUT2D eigenvalue weighted by Gasteiger charge is -2.36. The lowest BCUT2D eigenvalue weighted by atomic mass is 9.96. The van der Waals surface area contributed by atoms with Gasteiger partial charge >= 0.3 is 0 Å². The van der Waals surface area contributed by atoms with Crippen LogP contribution in [-0.4, -0.2) is 48.2 Å². The van der Waals surface area contributed by atoms with E-state index in [1.54, 1.807) is 4.90 Å². The van der Waals surface area contributed by atoms with Gasteiger partial charge in [0.2, 0.25) is 0 Å². The highest BCUT2D eigenvalue weighted by Gasteiger charge is 2.28. The van der Waals surface area contributed by atoms with Crippen LogP contribution in [0.2, 0.25) is 0 Å². The molecule has 1 aromatic heterocycles. The number of anilines is 2. The van der Waals surface area contributed by atoms with Crippen LogP contribution in [0.1, 0.15) is 29.8 Å². The van der Waals surface area contributed by atoms with Crippen molar-refractivity contribution in [3.63, 3.8) is 0 Å². The van der Waals surface area contributed by atoms with Crippen LogP contribution in [0.25, 0.3) is 22.5 Å². The van der Waals surface area contributed by atoms with E-state index in [-0.39, 0.29) is 57.5 Å². The van der Waals surface area contributed by atoms with Crippen LogP contribution >= 0.6 is 0 Å². The average molecular weight is 498 g/mol. The van der Waals surface area contributed by atoms with E-state index in [9.17, 15) is 9.18 Å². The van der Waals surface area contributed by atoms with Gasteiger partial charge in [-0.05, 0) is 42.2 Å². The molecule has 36 heavy (non-hydrogen) atoms. The third kappa shape index (κ3) is 4.26. The number of hydrogen-bond donors (Lipinski definition) is 2. The van der Waals surface area contributed by atoms with Gasteiger partial charge in [-0.1, -0.05) is 13.8 Å². The van der Waals surface area contributed by atoms with Crippen LogP contribution in [0.4, 0.5) is 24.7 Å². The number of benzene rings is 2. The van der Waals surface area contributed by atoms with E-state index in [0.29, 0.717) is 38.2 Å². The molecule has 2 aliphatic rings. The molecule has 10 heteroatoms. The van der Waals surface area contributed by atoms with Crippen LogP contribution in [0.15, 0.2) is 30.5 Å². The quantitative estimate of drug-likeness (QED) is 0.567. The molecule has 1 saturated heterocycles. The van der Waals surface area contributed by atoms with Gasteiger partial charge < -0.3 is 20.7 Å². The van der Waals surface area contributed by atoms with Crippen LogP contribution in [0.5, 0.6) is 0 Å². The summed E-state index contributed by atoms with van der Waals surface area (Å²) < 4.78 is 51.2. The van der Waals surface area contributed by atoms with Gasteiger partial charge in [0.05, 0.1) is 30.3 Å². The fourth-order valence-corrected chi connectivity index (χ4v) is 4.63. The van der Waals surface area contributed by atoms with Crippen LogP contribution in [0, 0.1) is 23.4 Å². The second-order valence-electron chi connectivity index (χ2n) is 9.34. The van der Waals surface area contributed by atoms with Crippen molar-refractivity contribution in [3.8, 4) is 22.5 Å². The van der Waals surface area contributed by atoms with Crippen LogP contribution in [0.3, 0.4) is 0 Å². The number of halogens is 3. The Morgan fingerprint density at radius 2 is 1.94 bits per heavy atom. The Morgan fingerprint density at radius 1 is 1.14 bits per heavy atom. The molecular weight excluding hydrogens is 471 g/mol. The molecule has 188 valence electrons. The molecule has 3 N–H and O–H groups in total. The molecule has 7 nitrogen and oxygen atoms in total. The van der Waals surface area contributed by atoms with Gasteiger partial charge in [-0.15, -0.1) is 0 Å². The summed E-state index contributed by atoms with van der Waals surface area (Å²) in [7, 11) is 0. The molecule has 0 saturated carbocycles. The molecule has 0 unspecified atom stereocenters. The molecule has 3 aromatic rings. The van der Waals surface area contributed by atoms with Crippen molar-refractivity contribution in [2.45, 2.75) is 26.4 Å². The summed E-state index contributed by atoms with van der Waals surface area (Å²) in [5, 5.41) is 2.67. The third-order valence-corrected chi connectivity index (χ3v) is 6.69. The summed E-state index contributed by atoms with van der Waals surface area (Å²) in [6, 6.07) is 5.59. The first-order valence-electron chi connectivity index (χ1n) is 11.8. The molecule has 1 fully saturated rings. The van der Waals surface area contributed by atoms with E-state index < -0.39 is 17.5 Å². The minimum Gasteiger partial charge on any atom is -0.382 e. The molecule has 5 rings (SSSR count). The number of nitrogens with two attached hydrogens (primary N) is 1. The Kier molecular flexibility index (Phi) is 6.29. The van der Waals surface area contributed by atoms with Crippen LogP contribution < -0.4 is 16.0 Å². The van der Waals surface area contributed by atoms with Crippen molar-refractivity contribution in [1.29, 1.82) is 0 Å². The Bertz CT molecular complexity index is 1350. The second kappa shape index (κ2) is 9.42. The molecule has 2 aliphatic heterocycles. The summed E-state index contributed by atoms with van der Waals surface area (Å²) >= 11 is 0. The number of nitrogen functional groups attached to an aromatic ring is 1. The standard InChI is InChI=1S/C26H26F3N5O2/c1-13(2)21-12-34(7-8-36-21)20-4-3-15(22(28)23(20)29)19-11-32-25(30)24(33-19)17-9-14-5-6-31-26(35)16(14)10-18(17)27/h3-4,9-11,13,21H,5-8,12H2,1-2H3,(H2,30,32)(H,31,35)/t21-/m1/s1. The summed E-state index contributed by atoms with van der Waals surface area (Å²) in [6.07, 6.45) is 1.66. The molecule has 0 radical (unpaired) electrons. The average Bonchev–Trinajstić information content (AvgIpc) is 2.86. The van der Waals surface area contributed by atoms with E-state index in [4.69, 9.17) is 10.5 Å². The maximum Gasteiger partial charge on any atom is 0.251 e. The Morgan fingerprint density at radius 3 is 2.72 bits per heavy atom. The van der Waals surface area contributed by atoms with Gasteiger partial charge in [-0.2, -0.15) is 0 Å². The maximum atomic E-state index is 15.3. The zero-order chi connectivity index (χ0) is 25.6. The molecule has 1 amide bonds. The first-order chi connectivity index (χ1) is 17.2. The van der Waals surface area contributed by atoms with Gasteiger partial charge in [-0.25, -0.2) is 23.1 Å². The summed E-state index contributed by atoms with van der Waals surface area (Å²) in [4.78, 5) is 22.2. The number of fused-ring (bicyclic) bond motifs is 1. The molecule has 1 atom stereocenters. The first-order valence-corrected chi connectivity index (χ1v) is 11.8. The van der Waals surface area contributed by atoms with Gasteiger partial charge in [0.1, 0.15) is 17.3 Å². The lowest BCUT2D eigenvalue weighted by molar-refractivity contribution is 0.0112. The van der Waals surface area contributed by atoms with Gasteiger partial charge in [0.25, 0.3) is 5.91 Å². The van der Waals surface area contributed by atoms with E-state index >= 15 is 8.78 Å². The maximum absolute atomic E-state index is 15.3. The lowest BCUT2D eigenvalue weighted by Crippen LogP contribution is -2.45. The number of morpholine rings is 1. The van der Waals surface area contributed by atoms with E-state index in [0.717, 1.165) is 6.07 Å². The first kappa shape index (κ1) is 24.1. The van der Waals surface area contributed by atoms with Crippen molar-refractivity contribution < 1.29 is 22.7 Å². The molecular formula is C26H26F3N5O2. The largest absolute Gasteiger partial charge is 0.382 e. The smallest absolute Gasteiger partial charge is 0.251 e. The van der Waals surface area contributed by atoms with Crippen LogP contribution in [-0.2, 0) is 11.2 Å². The van der Waals surface area contributed by atoms with Gasteiger partial charge in [-0.3, -0.25) is 4.79 Å². The van der Waals surface area contributed by atoms with Crippen molar-refractivity contribution in [3.05, 3.63) is 59.0 Å². The van der Waals surface area contributed by atoms with E-state index in [1.807, 2.05) is 13.8 Å². The number of aromatic nitrogens is 2. The Balaban J connectivity index is 1.52. The van der Waals surface area contributed by atoms with Gasteiger partial charge in [0, 0.05) is 36.3 Å². The fourth-order valence-electron chi connectivity index (χ4n) is 4.63. The topological polar surface area (TPSA) is 93.4 Å². The number of carbonyl (C=O) groups is 1. The summed E-state index contributed by atoms with van der Waals surface area (Å²) in [5.41, 5.74) is 6.97. The number of amides is 1. The second-order valence-corrected chi connectivity index (χ2v) is 9.34. The van der Waals surface area contributed by atoms with E-state index in [2.05, 4.69) is 15.3 Å².